The van der Waals surface area contributed by atoms with Gasteiger partial charge in [-0.1, -0.05) is 0 Å². The Morgan fingerprint density at radius 2 is 2.55 bits per heavy atom. The highest BCUT2D eigenvalue weighted by atomic mass is 35.5. The second-order valence-electron chi connectivity index (χ2n) is 4.52. The lowest BCUT2D eigenvalue weighted by Gasteiger charge is -2.16. The molecule has 1 fully saturated rings. The van der Waals surface area contributed by atoms with Crippen LogP contribution in [0.2, 0.25) is 0 Å². The highest BCUT2D eigenvalue weighted by Gasteiger charge is 2.18. The van der Waals surface area contributed by atoms with E-state index in [4.69, 9.17) is 15.2 Å². The molecule has 1 amide bonds. The number of nitrogens with two attached hydrogens (primary N) is 1. The molecule has 8 heteroatoms. The Labute approximate surface area is 128 Å². The quantitative estimate of drug-likeness (QED) is 0.814. The zero-order chi connectivity index (χ0) is 13.7. The topological polar surface area (TPSA) is 86.5 Å². The van der Waals surface area contributed by atoms with Crippen LogP contribution in [-0.4, -0.2) is 42.9 Å². The molecule has 1 aliphatic heterocycles. The molecule has 2 unspecified atom stereocenters. The summed E-state index contributed by atoms with van der Waals surface area (Å²) in [5, 5.41) is 5.34. The predicted octanol–water partition coefficient (Wildman–Crippen LogP) is 0.947. The third kappa shape index (κ3) is 4.99. The van der Waals surface area contributed by atoms with Gasteiger partial charge in [0, 0.05) is 24.6 Å². The number of hydrogen-bond acceptors (Lipinski definition) is 6. The van der Waals surface area contributed by atoms with Crippen LogP contribution in [0.15, 0.2) is 5.38 Å². The molecule has 3 N–H and O–H groups in total. The van der Waals surface area contributed by atoms with E-state index in [9.17, 15) is 4.79 Å². The maximum atomic E-state index is 11.9. The number of thiazole rings is 1. The Bertz CT molecular complexity index is 424. The average molecular weight is 322 g/mol. The summed E-state index contributed by atoms with van der Waals surface area (Å²) in [6.07, 6.45) is 1.08. The zero-order valence-electron chi connectivity index (χ0n) is 11.3. The second kappa shape index (κ2) is 8.53. The molecule has 0 aliphatic carbocycles. The van der Waals surface area contributed by atoms with Gasteiger partial charge in [-0.3, -0.25) is 4.79 Å². The van der Waals surface area contributed by atoms with E-state index in [1.54, 1.807) is 5.38 Å². The van der Waals surface area contributed by atoms with Crippen molar-refractivity contribution in [2.45, 2.75) is 32.0 Å². The van der Waals surface area contributed by atoms with E-state index in [1.807, 2.05) is 6.92 Å². The van der Waals surface area contributed by atoms with E-state index >= 15 is 0 Å². The first-order chi connectivity index (χ1) is 9.19. The first-order valence-electron chi connectivity index (χ1n) is 6.33. The van der Waals surface area contributed by atoms with Crippen molar-refractivity contribution >= 4 is 29.7 Å². The van der Waals surface area contributed by atoms with Crippen molar-refractivity contribution in [1.29, 1.82) is 0 Å². The van der Waals surface area contributed by atoms with E-state index in [0.29, 0.717) is 25.5 Å². The first-order valence-corrected chi connectivity index (χ1v) is 7.21. The van der Waals surface area contributed by atoms with Gasteiger partial charge in [-0.25, -0.2) is 4.98 Å². The summed E-state index contributed by atoms with van der Waals surface area (Å²) >= 11 is 1.39. The number of hydrogen-bond donors (Lipinski definition) is 2. The van der Waals surface area contributed by atoms with Gasteiger partial charge in [-0.15, -0.1) is 23.7 Å². The van der Waals surface area contributed by atoms with Gasteiger partial charge in [0.05, 0.1) is 19.3 Å². The number of aromatic nitrogens is 1. The minimum atomic E-state index is -0.185. The predicted molar refractivity (Wildman–Crippen MR) is 79.4 cm³/mol. The summed E-state index contributed by atoms with van der Waals surface area (Å²) in [6, 6.07) is -0.0591. The van der Waals surface area contributed by atoms with Crippen LogP contribution >= 0.6 is 23.7 Å². The van der Waals surface area contributed by atoms with Crippen LogP contribution < -0.4 is 11.1 Å². The van der Waals surface area contributed by atoms with Gasteiger partial charge < -0.3 is 20.5 Å². The van der Waals surface area contributed by atoms with Crippen molar-refractivity contribution in [3.05, 3.63) is 16.1 Å². The van der Waals surface area contributed by atoms with Crippen LogP contribution in [0.5, 0.6) is 0 Å². The van der Waals surface area contributed by atoms with Crippen LogP contribution in [0.3, 0.4) is 0 Å². The monoisotopic (exact) mass is 321 g/mol. The SMILES string of the molecule is CC(COC1CCOC1)NC(=O)c1csc(CN)n1.Cl. The van der Waals surface area contributed by atoms with Crippen molar-refractivity contribution < 1.29 is 14.3 Å². The molecular weight excluding hydrogens is 302 g/mol. The molecule has 1 aromatic rings. The van der Waals surface area contributed by atoms with Crippen LogP contribution in [0.25, 0.3) is 0 Å². The summed E-state index contributed by atoms with van der Waals surface area (Å²) in [4.78, 5) is 16.0. The first kappa shape index (κ1) is 17.3. The standard InChI is InChI=1S/C12H19N3O3S.ClH/c1-8(5-18-9-2-3-17-6-9)14-12(16)10-7-19-11(4-13)15-10;/h7-9H,2-6,13H2,1H3,(H,14,16);1H. The van der Waals surface area contributed by atoms with Crippen LogP contribution in [0.4, 0.5) is 0 Å². The lowest BCUT2D eigenvalue weighted by molar-refractivity contribution is 0.0318. The maximum Gasteiger partial charge on any atom is 0.271 e. The fourth-order valence-corrected chi connectivity index (χ4v) is 2.43. The number of rotatable bonds is 6. The Morgan fingerprint density at radius 3 is 3.15 bits per heavy atom. The normalized spacial score (nSPS) is 19.4. The fraction of sp³-hybridized carbons (Fsp3) is 0.667. The van der Waals surface area contributed by atoms with E-state index in [-0.39, 0.29) is 30.5 Å². The third-order valence-corrected chi connectivity index (χ3v) is 3.68. The second-order valence-corrected chi connectivity index (χ2v) is 5.47. The van der Waals surface area contributed by atoms with Crippen LogP contribution in [0.1, 0.15) is 28.8 Å². The molecule has 1 aliphatic rings. The van der Waals surface area contributed by atoms with Crippen molar-refractivity contribution in [2.24, 2.45) is 5.73 Å². The number of carbonyl (C=O) groups excluding carboxylic acids is 1. The molecule has 1 saturated heterocycles. The minimum Gasteiger partial charge on any atom is -0.379 e. The fourth-order valence-electron chi connectivity index (χ4n) is 1.77. The van der Waals surface area contributed by atoms with Crippen LogP contribution in [0, 0.1) is 0 Å². The number of halogens is 1. The molecule has 2 rings (SSSR count). The highest BCUT2D eigenvalue weighted by molar-refractivity contribution is 7.09. The molecule has 0 bridgehead atoms. The van der Waals surface area contributed by atoms with Gasteiger partial charge in [0.15, 0.2) is 0 Å². The summed E-state index contributed by atoms with van der Waals surface area (Å²) in [5.74, 6) is -0.185. The number of nitrogens with zero attached hydrogens (tertiary/aromatic N) is 1. The Kier molecular flexibility index (Phi) is 7.39. The summed E-state index contributed by atoms with van der Waals surface area (Å²) in [5.41, 5.74) is 5.88. The van der Waals surface area contributed by atoms with Gasteiger partial charge in [0.2, 0.25) is 0 Å². The van der Waals surface area contributed by atoms with Gasteiger partial charge in [0.1, 0.15) is 10.7 Å². The van der Waals surface area contributed by atoms with Crippen molar-refractivity contribution in [3.8, 4) is 0 Å². The molecular formula is C12H20ClN3O3S. The maximum absolute atomic E-state index is 11.9. The van der Waals surface area contributed by atoms with Crippen molar-refractivity contribution in [1.82, 2.24) is 10.3 Å². The van der Waals surface area contributed by atoms with E-state index in [2.05, 4.69) is 10.3 Å². The lowest BCUT2D eigenvalue weighted by Crippen LogP contribution is -2.37. The van der Waals surface area contributed by atoms with E-state index < -0.39 is 0 Å². The smallest absolute Gasteiger partial charge is 0.271 e. The summed E-state index contributed by atoms with van der Waals surface area (Å²) in [6.45, 7) is 4.15. The number of ether oxygens (including phenoxy) is 2. The van der Waals surface area contributed by atoms with E-state index in [0.717, 1.165) is 18.0 Å². The largest absolute Gasteiger partial charge is 0.379 e. The summed E-state index contributed by atoms with van der Waals surface area (Å²) in [7, 11) is 0. The van der Waals surface area contributed by atoms with Gasteiger partial charge in [0.25, 0.3) is 5.91 Å². The molecule has 114 valence electrons. The lowest BCUT2D eigenvalue weighted by atomic mass is 10.3. The average Bonchev–Trinajstić information content (AvgIpc) is 3.07. The number of carbonyl (C=O) groups is 1. The van der Waals surface area contributed by atoms with E-state index in [1.165, 1.54) is 11.3 Å². The number of amides is 1. The van der Waals surface area contributed by atoms with Crippen LogP contribution in [-0.2, 0) is 16.0 Å². The molecule has 2 atom stereocenters. The van der Waals surface area contributed by atoms with Gasteiger partial charge in [-0.05, 0) is 13.3 Å². The molecule has 0 spiro atoms. The highest BCUT2D eigenvalue weighted by Crippen LogP contribution is 2.10. The molecule has 0 aromatic carbocycles. The van der Waals surface area contributed by atoms with Crippen molar-refractivity contribution in [2.75, 3.05) is 19.8 Å². The third-order valence-electron chi connectivity index (χ3n) is 2.81. The Hall–Kier alpha value is -0.730. The minimum absolute atomic E-state index is 0. The Balaban J connectivity index is 0.00000200. The molecule has 6 nitrogen and oxygen atoms in total. The molecule has 0 radical (unpaired) electrons. The zero-order valence-corrected chi connectivity index (χ0v) is 13.0. The molecule has 2 heterocycles. The van der Waals surface area contributed by atoms with Gasteiger partial charge in [-0.2, -0.15) is 0 Å². The van der Waals surface area contributed by atoms with Gasteiger partial charge >= 0.3 is 0 Å². The van der Waals surface area contributed by atoms with Crippen molar-refractivity contribution in [3.63, 3.8) is 0 Å². The number of nitrogens with one attached hydrogen (secondary N) is 1. The molecule has 0 saturated carbocycles. The molecule has 20 heavy (non-hydrogen) atoms. The Morgan fingerprint density at radius 1 is 1.75 bits per heavy atom. The molecule has 1 aromatic heterocycles. The summed E-state index contributed by atoms with van der Waals surface area (Å²) < 4.78 is 10.9.